The number of halogens is 2. The molecule has 24 heavy (non-hydrogen) atoms. The van der Waals surface area contributed by atoms with E-state index in [1.807, 2.05) is 12.1 Å². The van der Waals surface area contributed by atoms with Crippen molar-refractivity contribution in [2.75, 3.05) is 13.1 Å². The molecule has 0 saturated carbocycles. The molecule has 0 radical (unpaired) electrons. The SMILES string of the molecule is Fc1cccc(C2CCCN2)c1.Fc1cccc(C2CCCN2)c1. The molecule has 2 unspecified atom stereocenters. The van der Waals surface area contributed by atoms with Crippen LogP contribution in [0.4, 0.5) is 8.78 Å². The first-order chi connectivity index (χ1) is 11.7. The van der Waals surface area contributed by atoms with Gasteiger partial charge in [-0.05, 0) is 74.2 Å². The van der Waals surface area contributed by atoms with E-state index in [1.165, 1.54) is 25.0 Å². The van der Waals surface area contributed by atoms with E-state index in [9.17, 15) is 8.78 Å². The summed E-state index contributed by atoms with van der Waals surface area (Å²) in [5.41, 5.74) is 2.15. The molecule has 0 amide bonds. The van der Waals surface area contributed by atoms with E-state index in [1.54, 1.807) is 24.3 Å². The molecule has 4 rings (SSSR count). The number of hydrogen-bond donors (Lipinski definition) is 2. The summed E-state index contributed by atoms with van der Waals surface area (Å²) < 4.78 is 25.6. The van der Waals surface area contributed by atoms with Gasteiger partial charge in [-0.3, -0.25) is 0 Å². The predicted molar refractivity (Wildman–Crippen MR) is 92.8 cm³/mol. The first-order valence-electron chi connectivity index (χ1n) is 8.70. The Bertz CT molecular complexity index is 590. The largest absolute Gasteiger partial charge is 0.310 e. The van der Waals surface area contributed by atoms with Crippen LogP contribution >= 0.6 is 0 Å². The standard InChI is InChI=1S/2C10H12FN/c2*11-9-4-1-3-8(7-9)10-5-2-6-12-10/h2*1,3-4,7,10,12H,2,5-6H2. The number of hydrogen-bond acceptors (Lipinski definition) is 2. The molecule has 2 aliphatic rings. The molecule has 4 heteroatoms. The smallest absolute Gasteiger partial charge is 0.123 e. The van der Waals surface area contributed by atoms with E-state index >= 15 is 0 Å². The fraction of sp³-hybridized carbons (Fsp3) is 0.400. The summed E-state index contributed by atoms with van der Waals surface area (Å²) in [5.74, 6) is -0.276. The average molecular weight is 330 g/mol. The van der Waals surface area contributed by atoms with E-state index in [-0.39, 0.29) is 11.6 Å². The second-order valence-electron chi connectivity index (χ2n) is 6.41. The van der Waals surface area contributed by atoms with Crippen LogP contribution in [-0.4, -0.2) is 13.1 Å². The Labute approximate surface area is 142 Å². The van der Waals surface area contributed by atoms with Gasteiger partial charge in [0, 0.05) is 12.1 Å². The lowest BCUT2D eigenvalue weighted by Gasteiger charge is -2.09. The molecule has 0 spiro atoms. The third-order valence-electron chi connectivity index (χ3n) is 4.62. The zero-order valence-corrected chi connectivity index (χ0v) is 13.8. The summed E-state index contributed by atoms with van der Waals surface area (Å²) in [7, 11) is 0. The highest BCUT2D eigenvalue weighted by Gasteiger charge is 2.16. The minimum atomic E-state index is -0.138. The molecular formula is C20H24F2N2. The van der Waals surface area contributed by atoms with Crippen molar-refractivity contribution in [2.24, 2.45) is 0 Å². The van der Waals surface area contributed by atoms with Crippen molar-refractivity contribution in [1.82, 2.24) is 10.6 Å². The van der Waals surface area contributed by atoms with Crippen LogP contribution in [0, 0.1) is 11.6 Å². The van der Waals surface area contributed by atoms with E-state index < -0.39 is 0 Å². The van der Waals surface area contributed by atoms with Crippen LogP contribution in [0.2, 0.25) is 0 Å². The van der Waals surface area contributed by atoms with Gasteiger partial charge in [0.25, 0.3) is 0 Å². The highest BCUT2D eigenvalue weighted by atomic mass is 19.1. The summed E-state index contributed by atoms with van der Waals surface area (Å²) in [6, 6.07) is 14.4. The summed E-state index contributed by atoms with van der Waals surface area (Å²) in [5, 5.41) is 6.67. The molecule has 2 atom stereocenters. The van der Waals surface area contributed by atoms with E-state index in [4.69, 9.17) is 0 Å². The van der Waals surface area contributed by atoms with Crippen molar-refractivity contribution in [3.05, 3.63) is 71.3 Å². The second kappa shape index (κ2) is 8.36. The molecule has 2 aliphatic heterocycles. The normalized spacial score (nSPS) is 22.9. The average Bonchev–Trinajstić information content (AvgIpc) is 3.29. The van der Waals surface area contributed by atoms with E-state index in [2.05, 4.69) is 10.6 Å². The van der Waals surface area contributed by atoms with E-state index in [0.717, 1.165) is 37.1 Å². The van der Waals surface area contributed by atoms with Gasteiger partial charge >= 0.3 is 0 Å². The van der Waals surface area contributed by atoms with Crippen LogP contribution in [0.3, 0.4) is 0 Å². The first-order valence-corrected chi connectivity index (χ1v) is 8.70. The summed E-state index contributed by atoms with van der Waals surface area (Å²) in [6.07, 6.45) is 4.65. The fourth-order valence-electron chi connectivity index (χ4n) is 3.38. The summed E-state index contributed by atoms with van der Waals surface area (Å²) in [6.45, 7) is 2.11. The van der Waals surface area contributed by atoms with Gasteiger partial charge in [0.2, 0.25) is 0 Å². The molecule has 2 saturated heterocycles. The van der Waals surface area contributed by atoms with Crippen molar-refractivity contribution in [1.29, 1.82) is 0 Å². The van der Waals surface area contributed by atoms with Gasteiger partial charge < -0.3 is 10.6 Å². The van der Waals surface area contributed by atoms with Crippen LogP contribution in [0.25, 0.3) is 0 Å². The molecule has 2 aromatic rings. The fourth-order valence-corrected chi connectivity index (χ4v) is 3.38. The predicted octanol–water partition coefficient (Wildman–Crippen LogP) is 4.50. The quantitative estimate of drug-likeness (QED) is 0.847. The number of rotatable bonds is 2. The van der Waals surface area contributed by atoms with Gasteiger partial charge in [-0.2, -0.15) is 0 Å². The van der Waals surface area contributed by atoms with Crippen LogP contribution in [-0.2, 0) is 0 Å². The Morgan fingerprint density at radius 2 is 1.17 bits per heavy atom. The van der Waals surface area contributed by atoms with Crippen molar-refractivity contribution in [3.63, 3.8) is 0 Å². The zero-order valence-electron chi connectivity index (χ0n) is 13.8. The molecule has 2 nitrogen and oxygen atoms in total. The van der Waals surface area contributed by atoms with Crippen LogP contribution in [0.1, 0.15) is 48.9 Å². The maximum absolute atomic E-state index is 12.8. The zero-order chi connectivity index (χ0) is 16.8. The lowest BCUT2D eigenvalue weighted by Crippen LogP contribution is -2.12. The van der Waals surface area contributed by atoms with Gasteiger partial charge in [-0.1, -0.05) is 24.3 Å². The van der Waals surface area contributed by atoms with Gasteiger partial charge in [-0.25, -0.2) is 8.78 Å². The second-order valence-corrected chi connectivity index (χ2v) is 6.41. The minimum absolute atomic E-state index is 0.138. The molecule has 0 aromatic heterocycles. The maximum atomic E-state index is 12.8. The van der Waals surface area contributed by atoms with Crippen molar-refractivity contribution < 1.29 is 8.78 Å². The van der Waals surface area contributed by atoms with Crippen molar-refractivity contribution >= 4 is 0 Å². The summed E-state index contributed by atoms with van der Waals surface area (Å²) >= 11 is 0. The Hall–Kier alpha value is -1.78. The molecule has 128 valence electrons. The van der Waals surface area contributed by atoms with Gasteiger partial charge in [-0.15, -0.1) is 0 Å². The monoisotopic (exact) mass is 330 g/mol. The van der Waals surface area contributed by atoms with E-state index in [0.29, 0.717) is 12.1 Å². The van der Waals surface area contributed by atoms with Gasteiger partial charge in [0.15, 0.2) is 0 Å². The van der Waals surface area contributed by atoms with Gasteiger partial charge in [0.1, 0.15) is 11.6 Å². The third kappa shape index (κ3) is 4.62. The lowest BCUT2D eigenvalue weighted by atomic mass is 10.1. The van der Waals surface area contributed by atoms with Crippen LogP contribution in [0.5, 0.6) is 0 Å². The van der Waals surface area contributed by atoms with Crippen molar-refractivity contribution in [2.45, 2.75) is 37.8 Å². The van der Waals surface area contributed by atoms with Gasteiger partial charge in [0.05, 0.1) is 0 Å². The third-order valence-corrected chi connectivity index (χ3v) is 4.62. The first kappa shape index (κ1) is 17.1. The Kier molecular flexibility index (Phi) is 5.94. The molecule has 0 bridgehead atoms. The molecule has 2 aromatic carbocycles. The lowest BCUT2D eigenvalue weighted by molar-refractivity contribution is 0.606. The highest BCUT2D eigenvalue weighted by Crippen LogP contribution is 2.23. The minimum Gasteiger partial charge on any atom is -0.310 e. The highest BCUT2D eigenvalue weighted by molar-refractivity contribution is 5.21. The Morgan fingerprint density at radius 3 is 1.50 bits per heavy atom. The number of benzene rings is 2. The van der Waals surface area contributed by atoms with Crippen LogP contribution < -0.4 is 10.6 Å². The Morgan fingerprint density at radius 1 is 0.708 bits per heavy atom. The maximum Gasteiger partial charge on any atom is 0.123 e. The topological polar surface area (TPSA) is 24.1 Å². The molecule has 2 heterocycles. The van der Waals surface area contributed by atoms with Crippen LogP contribution in [0.15, 0.2) is 48.5 Å². The summed E-state index contributed by atoms with van der Waals surface area (Å²) in [4.78, 5) is 0. The van der Waals surface area contributed by atoms with Crippen molar-refractivity contribution in [3.8, 4) is 0 Å². The Balaban J connectivity index is 0.000000141. The number of nitrogens with one attached hydrogen (secondary N) is 2. The molecular weight excluding hydrogens is 306 g/mol. The molecule has 0 aliphatic carbocycles. The molecule has 2 N–H and O–H groups in total. The molecule has 2 fully saturated rings.